The van der Waals surface area contributed by atoms with Crippen LogP contribution in [0.1, 0.15) is 10.4 Å². The molecule has 0 fully saturated rings. The first kappa shape index (κ1) is 16.1. The predicted molar refractivity (Wildman–Crippen MR) is 87.0 cm³/mol. The molecule has 2 rings (SSSR count). The van der Waals surface area contributed by atoms with Crippen molar-refractivity contribution in [1.29, 1.82) is 0 Å². The van der Waals surface area contributed by atoms with Gasteiger partial charge >= 0.3 is 0 Å². The van der Waals surface area contributed by atoms with Crippen molar-refractivity contribution in [3.63, 3.8) is 0 Å². The monoisotopic (exact) mass is 388 g/mol. The topological polar surface area (TPSA) is 35.5 Å². The smallest absolute Gasteiger partial charge is 0.153 e. The van der Waals surface area contributed by atoms with E-state index in [-0.39, 0.29) is 0 Å². The number of hydrogen-bond donors (Lipinski definition) is 0. The van der Waals surface area contributed by atoms with Gasteiger partial charge in [-0.05, 0) is 52.3 Å². The van der Waals surface area contributed by atoms with Crippen LogP contribution in [0, 0.1) is 0 Å². The van der Waals surface area contributed by atoms with Crippen LogP contribution in [0.2, 0.25) is 10.0 Å². The minimum atomic E-state index is 0.295. The van der Waals surface area contributed by atoms with E-state index in [1.165, 1.54) is 0 Å². The Morgan fingerprint density at radius 3 is 2.33 bits per heavy atom. The number of hydrogen-bond acceptors (Lipinski definition) is 3. The summed E-state index contributed by atoms with van der Waals surface area (Å²) in [6.45, 7) is 0.638. The maximum atomic E-state index is 11.0. The summed E-state index contributed by atoms with van der Waals surface area (Å²) in [6.07, 6.45) is 0.700. The van der Waals surface area contributed by atoms with Gasteiger partial charge in [0.15, 0.2) is 6.29 Å². The summed E-state index contributed by atoms with van der Waals surface area (Å²) in [7, 11) is 0. The first-order valence-corrected chi connectivity index (χ1v) is 7.60. The van der Waals surface area contributed by atoms with Crippen LogP contribution in [0.3, 0.4) is 0 Å². The van der Waals surface area contributed by atoms with Gasteiger partial charge in [0.05, 0.1) is 10.0 Å². The zero-order chi connectivity index (χ0) is 15.2. The molecule has 0 saturated carbocycles. The van der Waals surface area contributed by atoms with Crippen molar-refractivity contribution in [2.75, 3.05) is 13.2 Å². The van der Waals surface area contributed by atoms with Crippen LogP contribution in [0.25, 0.3) is 0 Å². The standard InChI is InChI=1S/C15H11BrCl2O3/c16-14-8-12(18)7-10(9-19)15(14)21-6-5-20-13-3-1-11(17)2-4-13/h1-4,7-9H,5-6H2. The van der Waals surface area contributed by atoms with Crippen molar-refractivity contribution < 1.29 is 14.3 Å². The largest absolute Gasteiger partial charge is 0.490 e. The fourth-order valence-corrected chi connectivity index (χ4v) is 2.73. The molecule has 0 heterocycles. The van der Waals surface area contributed by atoms with Gasteiger partial charge < -0.3 is 9.47 Å². The van der Waals surface area contributed by atoms with E-state index in [9.17, 15) is 4.79 Å². The lowest BCUT2D eigenvalue weighted by Gasteiger charge is -2.12. The Kier molecular flexibility index (Phi) is 5.91. The molecule has 3 nitrogen and oxygen atoms in total. The minimum Gasteiger partial charge on any atom is -0.490 e. The molecule has 0 aliphatic heterocycles. The molecule has 0 unspecified atom stereocenters. The Balaban J connectivity index is 1.91. The van der Waals surface area contributed by atoms with Gasteiger partial charge in [0.2, 0.25) is 0 Å². The number of halogens is 3. The number of carbonyl (C=O) groups is 1. The molecular weight excluding hydrogens is 379 g/mol. The van der Waals surface area contributed by atoms with Gasteiger partial charge in [-0.2, -0.15) is 0 Å². The van der Waals surface area contributed by atoms with E-state index in [0.29, 0.717) is 51.1 Å². The van der Waals surface area contributed by atoms with E-state index in [1.807, 2.05) is 0 Å². The molecule has 21 heavy (non-hydrogen) atoms. The van der Waals surface area contributed by atoms with E-state index in [2.05, 4.69) is 15.9 Å². The molecule has 0 bridgehead atoms. The van der Waals surface area contributed by atoms with Crippen LogP contribution < -0.4 is 9.47 Å². The second kappa shape index (κ2) is 7.69. The van der Waals surface area contributed by atoms with Gasteiger partial charge in [-0.3, -0.25) is 4.79 Å². The van der Waals surface area contributed by atoms with E-state index in [1.54, 1.807) is 36.4 Å². The van der Waals surface area contributed by atoms with E-state index < -0.39 is 0 Å². The first-order chi connectivity index (χ1) is 10.1. The Hall–Kier alpha value is -1.23. The molecule has 0 radical (unpaired) electrons. The highest BCUT2D eigenvalue weighted by atomic mass is 79.9. The normalized spacial score (nSPS) is 10.2. The average molecular weight is 390 g/mol. The fraction of sp³-hybridized carbons (Fsp3) is 0.133. The summed E-state index contributed by atoms with van der Waals surface area (Å²) < 4.78 is 11.7. The predicted octanol–water partition coefficient (Wildman–Crippen LogP) is 5.03. The Morgan fingerprint density at radius 2 is 1.67 bits per heavy atom. The van der Waals surface area contributed by atoms with Crippen LogP contribution in [-0.4, -0.2) is 19.5 Å². The van der Waals surface area contributed by atoms with Crippen LogP contribution in [0.15, 0.2) is 40.9 Å². The number of ether oxygens (including phenoxy) is 2. The molecule has 0 saturated heterocycles. The van der Waals surface area contributed by atoms with Crippen molar-refractivity contribution in [1.82, 2.24) is 0 Å². The number of rotatable bonds is 6. The van der Waals surface area contributed by atoms with Crippen molar-refractivity contribution in [3.8, 4) is 11.5 Å². The maximum absolute atomic E-state index is 11.0. The summed E-state index contributed by atoms with van der Waals surface area (Å²) in [5.41, 5.74) is 0.390. The SMILES string of the molecule is O=Cc1cc(Cl)cc(Br)c1OCCOc1ccc(Cl)cc1. The van der Waals surface area contributed by atoms with Crippen molar-refractivity contribution in [2.45, 2.75) is 0 Å². The summed E-state index contributed by atoms with van der Waals surface area (Å²) in [5.74, 6) is 1.16. The Morgan fingerprint density at radius 1 is 1.00 bits per heavy atom. The number of aldehydes is 1. The van der Waals surface area contributed by atoms with Crippen molar-refractivity contribution in [2.24, 2.45) is 0 Å². The molecular formula is C15H11BrCl2O3. The van der Waals surface area contributed by atoms with E-state index in [4.69, 9.17) is 32.7 Å². The molecule has 0 aliphatic carbocycles. The Bertz CT molecular complexity index is 630. The summed E-state index contributed by atoms with van der Waals surface area (Å²) in [5, 5.41) is 1.12. The molecule has 0 aliphatic rings. The third-order valence-corrected chi connectivity index (χ3v) is 3.64. The highest BCUT2D eigenvalue weighted by Gasteiger charge is 2.09. The molecule has 0 spiro atoms. The molecule has 0 aromatic heterocycles. The lowest BCUT2D eigenvalue weighted by atomic mass is 10.2. The zero-order valence-electron chi connectivity index (χ0n) is 10.8. The summed E-state index contributed by atoms with van der Waals surface area (Å²) in [6, 6.07) is 10.3. The fourth-order valence-electron chi connectivity index (χ4n) is 1.65. The molecule has 110 valence electrons. The Labute approximate surface area is 140 Å². The van der Waals surface area contributed by atoms with Crippen LogP contribution in [0.5, 0.6) is 11.5 Å². The second-order valence-corrected chi connectivity index (χ2v) is 5.80. The van der Waals surface area contributed by atoms with Gasteiger partial charge in [0, 0.05) is 10.0 Å². The molecule has 6 heteroatoms. The lowest BCUT2D eigenvalue weighted by Crippen LogP contribution is -2.10. The first-order valence-electron chi connectivity index (χ1n) is 6.05. The van der Waals surface area contributed by atoms with Gasteiger partial charge in [-0.25, -0.2) is 0 Å². The highest BCUT2D eigenvalue weighted by Crippen LogP contribution is 2.31. The quantitative estimate of drug-likeness (QED) is 0.513. The average Bonchev–Trinajstić information content (AvgIpc) is 2.46. The van der Waals surface area contributed by atoms with Crippen LogP contribution >= 0.6 is 39.1 Å². The van der Waals surface area contributed by atoms with Gasteiger partial charge in [-0.1, -0.05) is 23.2 Å². The third kappa shape index (κ3) is 4.63. The van der Waals surface area contributed by atoms with Crippen molar-refractivity contribution >= 4 is 45.4 Å². The van der Waals surface area contributed by atoms with Crippen LogP contribution in [0.4, 0.5) is 0 Å². The molecule has 2 aromatic carbocycles. The minimum absolute atomic E-state index is 0.295. The molecule has 2 aromatic rings. The molecule has 0 N–H and O–H groups in total. The van der Waals surface area contributed by atoms with Gasteiger partial charge in [0.1, 0.15) is 24.7 Å². The maximum Gasteiger partial charge on any atom is 0.153 e. The second-order valence-electron chi connectivity index (χ2n) is 4.07. The zero-order valence-corrected chi connectivity index (χ0v) is 13.9. The third-order valence-electron chi connectivity index (χ3n) is 2.58. The summed E-state index contributed by atoms with van der Waals surface area (Å²) in [4.78, 5) is 11.0. The van der Waals surface area contributed by atoms with E-state index >= 15 is 0 Å². The molecule has 0 atom stereocenters. The lowest BCUT2D eigenvalue weighted by molar-refractivity contribution is 0.111. The van der Waals surface area contributed by atoms with Gasteiger partial charge in [0.25, 0.3) is 0 Å². The van der Waals surface area contributed by atoms with Crippen molar-refractivity contribution in [3.05, 3.63) is 56.5 Å². The highest BCUT2D eigenvalue weighted by molar-refractivity contribution is 9.10. The van der Waals surface area contributed by atoms with E-state index in [0.717, 1.165) is 0 Å². The summed E-state index contributed by atoms with van der Waals surface area (Å²) >= 11 is 15.0. The number of carbonyl (C=O) groups excluding carboxylic acids is 1. The molecule has 0 amide bonds. The van der Waals surface area contributed by atoms with Gasteiger partial charge in [-0.15, -0.1) is 0 Å². The van der Waals surface area contributed by atoms with Crippen LogP contribution in [-0.2, 0) is 0 Å². The number of benzene rings is 2.